The molecule has 98 valence electrons. The van der Waals surface area contributed by atoms with E-state index in [1.54, 1.807) is 0 Å². The molecule has 0 bridgehead atoms. The maximum absolute atomic E-state index is 11.9. The first kappa shape index (κ1) is 12.8. The zero-order valence-electron chi connectivity index (χ0n) is 10.6. The average Bonchev–Trinajstić information content (AvgIpc) is 2.27. The van der Waals surface area contributed by atoms with Crippen molar-refractivity contribution < 1.29 is 14.7 Å². The molecular formula is C13H18N2O3. The minimum Gasteiger partial charge on any atom is -0.510 e. The Balaban J connectivity index is 2.52. The summed E-state index contributed by atoms with van der Waals surface area (Å²) in [7, 11) is 3.64. The predicted molar refractivity (Wildman–Crippen MR) is 66.8 cm³/mol. The molecule has 1 fully saturated rings. The molecule has 3 N–H and O–H groups in total. The summed E-state index contributed by atoms with van der Waals surface area (Å²) in [5.41, 5.74) is 5.95. The number of hydrogen-bond acceptors (Lipinski definition) is 4. The van der Waals surface area contributed by atoms with Gasteiger partial charge in [-0.05, 0) is 33.0 Å². The third-order valence-corrected chi connectivity index (χ3v) is 3.70. The maximum atomic E-state index is 11.9. The summed E-state index contributed by atoms with van der Waals surface area (Å²) in [5.74, 6) is -0.687. The lowest BCUT2D eigenvalue weighted by molar-refractivity contribution is -0.117. The molecule has 5 heteroatoms. The van der Waals surface area contributed by atoms with Crippen LogP contribution in [0.3, 0.4) is 0 Å². The number of fused-ring (bicyclic) bond motifs is 1. The molecule has 0 saturated heterocycles. The molecule has 0 aromatic rings. The first-order chi connectivity index (χ1) is 8.43. The first-order valence-corrected chi connectivity index (χ1v) is 6.07. The van der Waals surface area contributed by atoms with E-state index in [4.69, 9.17) is 5.73 Å². The number of Topliss-reactive ketones (excluding diaryl/α,β-unsaturated/α-hetero) is 1. The van der Waals surface area contributed by atoms with Crippen molar-refractivity contribution in [3.63, 3.8) is 0 Å². The van der Waals surface area contributed by atoms with E-state index in [9.17, 15) is 14.7 Å². The summed E-state index contributed by atoms with van der Waals surface area (Å²) in [6.45, 7) is 0. The number of likely N-dealkylation sites (N-methyl/N-ethyl adjacent to an activating group) is 1. The van der Waals surface area contributed by atoms with Crippen LogP contribution >= 0.6 is 0 Å². The van der Waals surface area contributed by atoms with Crippen molar-refractivity contribution >= 4 is 11.7 Å². The molecule has 1 amide bonds. The quantitative estimate of drug-likeness (QED) is 0.748. The molecule has 0 radical (unpaired) electrons. The van der Waals surface area contributed by atoms with Crippen LogP contribution in [-0.4, -0.2) is 41.8 Å². The van der Waals surface area contributed by atoms with Crippen molar-refractivity contribution in [2.24, 2.45) is 11.7 Å². The van der Waals surface area contributed by atoms with Gasteiger partial charge in [0, 0.05) is 17.9 Å². The largest absolute Gasteiger partial charge is 0.510 e. The summed E-state index contributed by atoms with van der Waals surface area (Å²) in [5, 5.41) is 10.2. The van der Waals surface area contributed by atoms with Gasteiger partial charge in [-0.3, -0.25) is 14.5 Å². The van der Waals surface area contributed by atoms with Crippen molar-refractivity contribution in [2.75, 3.05) is 14.1 Å². The SMILES string of the molecule is CN(C)C1C(O)=C(C(N)=O)C=C2C(=O)CCCC21. The van der Waals surface area contributed by atoms with Crippen LogP contribution in [0.2, 0.25) is 0 Å². The Morgan fingerprint density at radius 1 is 1.50 bits per heavy atom. The molecule has 0 aliphatic heterocycles. The van der Waals surface area contributed by atoms with Crippen LogP contribution in [0.25, 0.3) is 0 Å². The Hall–Kier alpha value is -1.62. The zero-order chi connectivity index (χ0) is 13.4. The Morgan fingerprint density at radius 2 is 2.17 bits per heavy atom. The molecule has 1 saturated carbocycles. The molecule has 0 aromatic carbocycles. The number of carbonyl (C=O) groups is 2. The van der Waals surface area contributed by atoms with Gasteiger partial charge in [0.1, 0.15) is 5.76 Å². The lowest BCUT2D eigenvalue weighted by atomic mass is 9.73. The standard InChI is InChI=1S/C13H18N2O3/c1-15(2)11-7-4-3-5-10(16)8(7)6-9(12(11)17)13(14)18/h6-7,11,17H,3-5H2,1-2H3,(H2,14,18). The molecule has 5 nitrogen and oxygen atoms in total. The molecule has 2 rings (SSSR count). The van der Waals surface area contributed by atoms with Gasteiger partial charge >= 0.3 is 0 Å². The van der Waals surface area contributed by atoms with Gasteiger partial charge < -0.3 is 10.8 Å². The summed E-state index contributed by atoms with van der Waals surface area (Å²) >= 11 is 0. The van der Waals surface area contributed by atoms with Crippen LogP contribution in [0.5, 0.6) is 0 Å². The van der Waals surface area contributed by atoms with E-state index < -0.39 is 5.91 Å². The van der Waals surface area contributed by atoms with Crippen molar-refractivity contribution in [1.82, 2.24) is 4.90 Å². The van der Waals surface area contributed by atoms with Gasteiger partial charge in [0.25, 0.3) is 5.91 Å². The fraction of sp³-hybridized carbons (Fsp3) is 0.538. The Bertz CT molecular complexity index is 463. The lowest BCUT2D eigenvalue weighted by Crippen LogP contribution is -2.44. The Kier molecular flexibility index (Phi) is 3.26. The highest BCUT2D eigenvalue weighted by Gasteiger charge is 2.40. The van der Waals surface area contributed by atoms with E-state index in [1.165, 1.54) is 6.08 Å². The van der Waals surface area contributed by atoms with E-state index in [-0.39, 0.29) is 29.1 Å². The smallest absolute Gasteiger partial charge is 0.252 e. The zero-order valence-corrected chi connectivity index (χ0v) is 10.6. The third-order valence-electron chi connectivity index (χ3n) is 3.70. The van der Waals surface area contributed by atoms with Gasteiger partial charge in [-0.2, -0.15) is 0 Å². The molecule has 0 spiro atoms. The summed E-state index contributed by atoms with van der Waals surface area (Å²) < 4.78 is 0. The molecule has 0 aromatic heterocycles. The number of ketones is 1. The second-order valence-corrected chi connectivity index (χ2v) is 5.09. The summed E-state index contributed by atoms with van der Waals surface area (Å²) in [6, 6.07) is -0.336. The lowest BCUT2D eigenvalue weighted by Gasteiger charge is -2.38. The molecule has 2 aliphatic rings. The van der Waals surface area contributed by atoms with Crippen LogP contribution in [0.4, 0.5) is 0 Å². The molecule has 0 heterocycles. The molecular weight excluding hydrogens is 232 g/mol. The predicted octanol–water partition coefficient (Wildman–Crippen LogP) is 0.523. The number of rotatable bonds is 2. The van der Waals surface area contributed by atoms with Gasteiger partial charge in [-0.15, -0.1) is 0 Å². The number of amides is 1. The van der Waals surface area contributed by atoms with Gasteiger partial charge in [-0.25, -0.2) is 0 Å². The van der Waals surface area contributed by atoms with E-state index >= 15 is 0 Å². The van der Waals surface area contributed by atoms with Crippen LogP contribution in [-0.2, 0) is 9.59 Å². The third kappa shape index (κ3) is 1.95. The average molecular weight is 250 g/mol. The van der Waals surface area contributed by atoms with Crippen molar-refractivity contribution in [3.05, 3.63) is 23.0 Å². The van der Waals surface area contributed by atoms with E-state index in [2.05, 4.69) is 0 Å². The van der Waals surface area contributed by atoms with Crippen molar-refractivity contribution in [1.29, 1.82) is 0 Å². The highest BCUT2D eigenvalue weighted by atomic mass is 16.3. The number of nitrogens with two attached hydrogens (primary N) is 1. The molecule has 2 atom stereocenters. The van der Waals surface area contributed by atoms with Gasteiger partial charge in [0.05, 0.1) is 11.6 Å². The Morgan fingerprint density at radius 3 is 2.72 bits per heavy atom. The number of carbonyl (C=O) groups excluding carboxylic acids is 2. The molecule has 2 unspecified atom stereocenters. The van der Waals surface area contributed by atoms with Crippen molar-refractivity contribution in [2.45, 2.75) is 25.3 Å². The number of primary amides is 1. The Labute approximate surface area is 106 Å². The molecule has 18 heavy (non-hydrogen) atoms. The van der Waals surface area contributed by atoms with Gasteiger partial charge in [0.2, 0.25) is 0 Å². The topological polar surface area (TPSA) is 83.6 Å². The van der Waals surface area contributed by atoms with E-state index in [1.807, 2.05) is 19.0 Å². The van der Waals surface area contributed by atoms with Gasteiger partial charge in [0.15, 0.2) is 5.78 Å². The summed E-state index contributed by atoms with van der Waals surface area (Å²) in [4.78, 5) is 25.1. The van der Waals surface area contributed by atoms with Gasteiger partial charge in [-0.1, -0.05) is 0 Å². The number of aliphatic hydroxyl groups is 1. The van der Waals surface area contributed by atoms with Crippen LogP contribution < -0.4 is 5.73 Å². The van der Waals surface area contributed by atoms with Crippen molar-refractivity contribution in [3.8, 4) is 0 Å². The minimum absolute atomic E-state index is 0.0176. The fourth-order valence-electron chi connectivity index (χ4n) is 2.89. The number of hydrogen-bond donors (Lipinski definition) is 2. The maximum Gasteiger partial charge on any atom is 0.252 e. The summed E-state index contributed by atoms with van der Waals surface area (Å²) in [6.07, 6.45) is 3.65. The monoisotopic (exact) mass is 250 g/mol. The van der Waals surface area contributed by atoms with Crippen LogP contribution in [0.15, 0.2) is 23.0 Å². The van der Waals surface area contributed by atoms with E-state index in [0.717, 1.165) is 12.8 Å². The second kappa shape index (κ2) is 4.57. The highest BCUT2D eigenvalue weighted by molar-refractivity contribution is 6.03. The first-order valence-electron chi connectivity index (χ1n) is 6.07. The van der Waals surface area contributed by atoms with Crippen LogP contribution in [0.1, 0.15) is 19.3 Å². The number of nitrogens with zero attached hydrogens (tertiary/aromatic N) is 1. The number of aliphatic hydroxyl groups excluding tert-OH is 1. The van der Waals surface area contributed by atoms with Crippen LogP contribution in [0, 0.1) is 5.92 Å². The second-order valence-electron chi connectivity index (χ2n) is 5.09. The normalized spacial score (nSPS) is 28.2. The fourth-order valence-corrected chi connectivity index (χ4v) is 2.89. The van der Waals surface area contributed by atoms with E-state index in [0.29, 0.717) is 12.0 Å². The minimum atomic E-state index is -0.691. The highest BCUT2D eigenvalue weighted by Crippen LogP contribution is 2.38. The molecule has 2 aliphatic carbocycles.